The Morgan fingerprint density at radius 2 is 1.84 bits per heavy atom. The number of nitrogens with zero attached hydrogens (tertiary/aromatic N) is 1. The molecule has 5 rings (SSSR count). The Balaban J connectivity index is 1.57. The number of ether oxygens (including phenoxy) is 1. The van der Waals surface area contributed by atoms with Gasteiger partial charge in [0.1, 0.15) is 12.4 Å². The van der Waals surface area contributed by atoms with Gasteiger partial charge < -0.3 is 14.7 Å². The van der Waals surface area contributed by atoms with Gasteiger partial charge in [-0.05, 0) is 103 Å². The van der Waals surface area contributed by atoms with Gasteiger partial charge in [0.15, 0.2) is 0 Å². The summed E-state index contributed by atoms with van der Waals surface area (Å²) in [6.45, 7) is 9.66. The molecule has 9 heteroatoms. The number of carbonyl (C=O) groups excluding carboxylic acids is 1. The number of halogens is 1. The van der Waals surface area contributed by atoms with Crippen LogP contribution in [0.2, 0.25) is 5.02 Å². The zero-order valence-electron chi connectivity index (χ0n) is 25.6. The molecular weight excluding hydrogens is 584 g/mol. The second-order valence-corrected chi connectivity index (χ2v) is 15.4. The normalized spacial score (nSPS) is 30.5. The van der Waals surface area contributed by atoms with Crippen molar-refractivity contribution >= 4 is 33.2 Å². The molecule has 2 aromatic carbocycles. The highest BCUT2D eigenvalue weighted by Crippen LogP contribution is 2.45. The average Bonchev–Trinajstić information content (AvgIpc) is 2.96. The summed E-state index contributed by atoms with van der Waals surface area (Å²) in [7, 11) is -3.98. The van der Waals surface area contributed by atoms with Crippen LogP contribution in [0.4, 0.5) is 5.69 Å². The number of fused-ring (bicyclic) bond motifs is 3. The van der Waals surface area contributed by atoms with Gasteiger partial charge in [-0.2, -0.15) is 0 Å². The first kappa shape index (κ1) is 31.9. The number of aryl methyl sites for hydroxylation is 1. The number of aliphatic hydroxyl groups excluding tert-OH is 1. The van der Waals surface area contributed by atoms with Crippen molar-refractivity contribution in [2.75, 3.05) is 18.0 Å². The number of benzene rings is 2. The number of hydrogen-bond acceptors (Lipinski definition) is 6. The van der Waals surface area contributed by atoms with Crippen LogP contribution < -0.4 is 14.4 Å². The number of aliphatic hydroxyl groups is 1. The molecule has 1 aliphatic carbocycles. The first-order chi connectivity index (χ1) is 20.4. The largest absolute Gasteiger partial charge is 0.487 e. The van der Waals surface area contributed by atoms with Crippen LogP contribution in [-0.4, -0.2) is 43.9 Å². The van der Waals surface area contributed by atoms with E-state index in [4.69, 9.17) is 16.3 Å². The van der Waals surface area contributed by atoms with Crippen molar-refractivity contribution in [3.63, 3.8) is 0 Å². The molecule has 2 aromatic rings. The molecule has 234 valence electrons. The third-order valence-corrected chi connectivity index (χ3v) is 12.1. The van der Waals surface area contributed by atoms with Gasteiger partial charge in [-0.15, -0.1) is 0 Å². The smallest absolute Gasteiger partial charge is 0.264 e. The Hall–Kier alpha value is -2.55. The number of nitrogens with one attached hydrogen (secondary N) is 1. The molecule has 2 aliphatic heterocycles. The first-order valence-electron chi connectivity index (χ1n) is 15.6. The standard InChI is InChI=1S/C34H45ClN2O5S/c1-21(2)33-22(3)8-7-10-31(38)28-16-23(4)29(28)19-37-15-6-5-9-24-17-27(35)13-11-26(24)20-42-32-14-12-25(18-30(32)37)34(39)36-43(33,40)41/h7,10-14,17-18,21-23,28-29,31,33,38H,5-6,8-9,15-16,19-20H2,1-4H3,(H,36,39)/b10-7+/t22-,23+,28+,29+,31-,33+/m0/s1. The molecule has 43 heavy (non-hydrogen) atoms. The van der Waals surface area contributed by atoms with Crippen molar-refractivity contribution in [1.82, 2.24) is 4.72 Å². The first-order valence-corrected chi connectivity index (χ1v) is 17.6. The van der Waals surface area contributed by atoms with E-state index in [9.17, 15) is 18.3 Å². The molecule has 1 saturated carbocycles. The fraction of sp³-hybridized carbons (Fsp3) is 0.559. The lowest BCUT2D eigenvalue weighted by atomic mass is 9.63. The molecule has 1 fully saturated rings. The third-order valence-electron chi connectivity index (χ3n) is 9.68. The summed E-state index contributed by atoms with van der Waals surface area (Å²) >= 11 is 6.32. The summed E-state index contributed by atoms with van der Waals surface area (Å²) in [4.78, 5) is 15.8. The SMILES string of the molecule is CC(C)[C@@H]1[C@@H](C)C/C=C/[C@H](O)[C@@H]2C[C@@H](C)[C@H]2CN2CCCCc3cc(Cl)ccc3COc3ccc(cc32)C(=O)NS1(=O)=O. The van der Waals surface area contributed by atoms with Gasteiger partial charge in [0.05, 0.1) is 17.0 Å². The number of hydrogen-bond donors (Lipinski definition) is 2. The van der Waals surface area contributed by atoms with E-state index in [0.29, 0.717) is 36.3 Å². The Labute approximate surface area is 261 Å². The van der Waals surface area contributed by atoms with Crippen LogP contribution in [0.5, 0.6) is 5.75 Å². The number of carbonyl (C=O) groups is 1. The Kier molecular flexibility index (Phi) is 9.79. The zero-order valence-corrected chi connectivity index (χ0v) is 27.2. The molecule has 1 amide bonds. The second kappa shape index (κ2) is 13.2. The van der Waals surface area contributed by atoms with Gasteiger partial charge in [0.25, 0.3) is 5.91 Å². The van der Waals surface area contributed by atoms with Crippen LogP contribution in [-0.2, 0) is 23.1 Å². The highest BCUT2D eigenvalue weighted by atomic mass is 35.5. The van der Waals surface area contributed by atoms with Crippen molar-refractivity contribution < 1.29 is 23.1 Å². The van der Waals surface area contributed by atoms with Crippen LogP contribution in [0.15, 0.2) is 48.6 Å². The summed E-state index contributed by atoms with van der Waals surface area (Å²) in [5.41, 5.74) is 3.29. The van der Waals surface area contributed by atoms with E-state index < -0.39 is 27.3 Å². The minimum Gasteiger partial charge on any atom is -0.487 e. The quantitative estimate of drug-likeness (QED) is 0.356. The van der Waals surface area contributed by atoms with E-state index in [0.717, 1.165) is 43.5 Å². The maximum absolute atomic E-state index is 13.6. The minimum absolute atomic E-state index is 0.111. The number of allylic oxidation sites excluding steroid dienone is 1. The lowest BCUT2D eigenvalue weighted by Crippen LogP contribution is -2.48. The monoisotopic (exact) mass is 628 g/mol. The number of sulfonamides is 1. The molecule has 2 bridgehead atoms. The molecule has 2 N–H and O–H groups in total. The van der Waals surface area contributed by atoms with Crippen molar-refractivity contribution in [1.29, 1.82) is 0 Å². The lowest BCUT2D eigenvalue weighted by Gasteiger charge is -2.47. The molecule has 0 radical (unpaired) electrons. The Bertz CT molecular complexity index is 1460. The van der Waals surface area contributed by atoms with Crippen molar-refractivity contribution in [2.45, 2.75) is 77.8 Å². The van der Waals surface area contributed by atoms with Gasteiger partial charge >= 0.3 is 0 Å². The van der Waals surface area contributed by atoms with Crippen molar-refractivity contribution in [3.05, 3.63) is 70.3 Å². The van der Waals surface area contributed by atoms with E-state index in [1.807, 2.05) is 51.1 Å². The highest BCUT2D eigenvalue weighted by Gasteiger charge is 2.43. The van der Waals surface area contributed by atoms with Gasteiger partial charge in [0, 0.05) is 23.7 Å². The van der Waals surface area contributed by atoms with E-state index >= 15 is 0 Å². The van der Waals surface area contributed by atoms with Gasteiger partial charge in [-0.3, -0.25) is 4.79 Å². The van der Waals surface area contributed by atoms with Gasteiger partial charge in [-0.1, -0.05) is 57.5 Å². The Morgan fingerprint density at radius 1 is 1.05 bits per heavy atom. The van der Waals surface area contributed by atoms with Crippen LogP contribution in [0.25, 0.3) is 0 Å². The van der Waals surface area contributed by atoms with Crippen LogP contribution in [0.1, 0.15) is 74.9 Å². The zero-order chi connectivity index (χ0) is 30.9. The van der Waals surface area contributed by atoms with Crippen LogP contribution >= 0.6 is 11.6 Å². The van der Waals surface area contributed by atoms with E-state index in [2.05, 4.69) is 16.5 Å². The van der Waals surface area contributed by atoms with Crippen LogP contribution in [0.3, 0.4) is 0 Å². The maximum atomic E-state index is 13.6. The Morgan fingerprint density at radius 3 is 2.58 bits per heavy atom. The summed E-state index contributed by atoms with van der Waals surface area (Å²) in [6.07, 6.45) is 7.36. The molecule has 6 atom stereocenters. The van der Waals surface area contributed by atoms with Crippen molar-refractivity contribution in [3.8, 4) is 5.75 Å². The van der Waals surface area contributed by atoms with E-state index in [-0.39, 0.29) is 29.2 Å². The molecular formula is C34H45ClN2O5S. The topological polar surface area (TPSA) is 95.9 Å². The fourth-order valence-electron chi connectivity index (χ4n) is 7.33. The predicted molar refractivity (Wildman–Crippen MR) is 172 cm³/mol. The van der Waals surface area contributed by atoms with E-state index in [1.54, 1.807) is 18.2 Å². The average molecular weight is 629 g/mol. The fourth-order valence-corrected chi connectivity index (χ4v) is 9.48. The summed E-state index contributed by atoms with van der Waals surface area (Å²) < 4.78 is 35.9. The van der Waals surface area contributed by atoms with Gasteiger partial charge in [-0.25, -0.2) is 13.1 Å². The van der Waals surface area contributed by atoms with Crippen molar-refractivity contribution in [2.24, 2.45) is 29.6 Å². The molecule has 0 saturated heterocycles. The predicted octanol–water partition coefficient (Wildman–Crippen LogP) is 6.38. The van der Waals surface area contributed by atoms with E-state index in [1.165, 1.54) is 5.56 Å². The molecule has 0 unspecified atom stereocenters. The number of rotatable bonds is 1. The number of amides is 1. The molecule has 7 nitrogen and oxygen atoms in total. The van der Waals surface area contributed by atoms with Gasteiger partial charge in [0.2, 0.25) is 10.0 Å². The molecule has 2 heterocycles. The maximum Gasteiger partial charge on any atom is 0.264 e. The van der Waals surface area contributed by atoms with Crippen LogP contribution in [0, 0.1) is 29.6 Å². The molecule has 0 spiro atoms. The molecule has 0 aromatic heterocycles. The highest BCUT2D eigenvalue weighted by molar-refractivity contribution is 7.90. The minimum atomic E-state index is -3.98. The summed E-state index contributed by atoms with van der Waals surface area (Å²) in [5, 5.41) is 11.2. The third kappa shape index (κ3) is 7.07. The summed E-state index contributed by atoms with van der Waals surface area (Å²) in [5.74, 6) is 0.376. The number of anilines is 1. The summed E-state index contributed by atoms with van der Waals surface area (Å²) in [6, 6.07) is 11.1. The second-order valence-electron chi connectivity index (χ2n) is 13.1. The molecule has 3 aliphatic rings. The lowest BCUT2D eigenvalue weighted by molar-refractivity contribution is 0.0000135.